The molecule has 0 saturated carbocycles. The summed E-state index contributed by atoms with van der Waals surface area (Å²) in [5.74, 6) is -0.366. The molecule has 22 heavy (non-hydrogen) atoms. The quantitative estimate of drug-likeness (QED) is 0.753. The summed E-state index contributed by atoms with van der Waals surface area (Å²) in [6.07, 6.45) is 0.445. The fourth-order valence-corrected chi connectivity index (χ4v) is 2.68. The van der Waals surface area contributed by atoms with E-state index >= 15 is 0 Å². The van der Waals surface area contributed by atoms with Crippen LogP contribution < -0.4 is 5.56 Å². The molecular weight excluding hydrogens is 314 g/mol. The van der Waals surface area contributed by atoms with Crippen molar-refractivity contribution in [2.75, 3.05) is 6.61 Å². The molecule has 2 aromatic heterocycles. The minimum atomic E-state index is -0.543. The van der Waals surface area contributed by atoms with E-state index in [2.05, 4.69) is 15.4 Å². The third-order valence-electron chi connectivity index (χ3n) is 3.46. The highest BCUT2D eigenvalue weighted by Gasteiger charge is 2.30. The Morgan fingerprint density at radius 3 is 3.00 bits per heavy atom. The van der Waals surface area contributed by atoms with Gasteiger partial charge in [0, 0.05) is 14.0 Å². The predicted molar refractivity (Wildman–Crippen MR) is 75.4 cm³/mol. The van der Waals surface area contributed by atoms with Crippen LogP contribution in [0, 0.1) is 0 Å². The maximum atomic E-state index is 12.5. The molecule has 1 aliphatic rings. The van der Waals surface area contributed by atoms with Gasteiger partial charge in [0.2, 0.25) is 0 Å². The molecule has 3 rings (SSSR count). The number of aromatic nitrogens is 5. The molecule has 0 aromatic carbocycles. The van der Waals surface area contributed by atoms with E-state index in [0.717, 1.165) is 0 Å². The number of nitrogens with zero attached hydrogens (tertiary/aromatic N) is 5. The van der Waals surface area contributed by atoms with Crippen LogP contribution in [0.25, 0.3) is 11.0 Å². The van der Waals surface area contributed by atoms with E-state index in [4.69, 9.17) is 21.1 Å². The van der Waals surface area contributed by atoms with Gasteiger partial charge in [-0.15, -0.1) is 5.10 Å². The van der Waals surface area contributed by atoms with Crippen molar-refractivity contribution in [2.45, 2.75) is 32.1 Å². The first-order valence-corrected chi connectivity index (χ1v) is 7.11. The van der Waals surface area contributed by atoms with Crippen molar-refractivity contribution in [3.63, 3.8) is 0 Å². The Hall–Kier alpha value is -2.00. The number of halogens is 1. The zero-order valence-corrected chi connectivity index (χ0v) is 12.8. The summed E-state index contributed by atoms with van der Waals surface area (Å²) in [5.41, 5.74) is 0.164. The highest BCUT2D eigenvalue weighted by Crippen LogP contribution is 2.27. The Balaban J connectivity index is 1.86. The standard InChI is InChI=1S/C12H14ClN5O4/c1-6(19)21-5-7-3-4-8(22-7)18-12(20)10-9(14-16-18)11(13)15-17(10)2/h7-8H,3-5H2,1-2H3. The van der Waals surface area contributed by atoms with Crippen LogP contribution in [-0.2, 0) is 21.3 Å². The summed E-state index contributed by atoms with van der Waals surface area (Å²) in [6.45, 7) is 1.50. The summed E-state index contributed by atoms with van der Waals surface area (Å²) in [6, 6.07) is 0. The second-order valence-electron chi connectivity index (χ2n) is 5.04. The van der Waals surface area contributed by atoms with Gasteiger partial charge in [-0.1, -0.05) is 16.8 Å². The molecule has 118 valence electrons. The van der Waals surface area contributed by atoms with Gasteiger partial charge in [0.25, 0.3) is 5.56 Å². The number of carbonyl (C=O) groups excluding carboxylic acids is 1. The van der Waals surface area contributed by atoms with Crippen molar-refractivity contribution in [3.05, 3.63) is 15.5 Å². The normalized spacial score (nSPS) is 21.4. The topological polar surface area (TPSA) is 101 Å². The molecule has 0 aliphatic carbocycles. The lowest BCUT2D eigenvalue weighted by molar-refractivity contribution is -0.145. The minimum Gasteiger partial charge on any atom is -0.463 e. The van der Waals surface area contributed by atoms with E-state index in [-0.39, 0.29) is 40.4 Å². The number of esters is 1. The Labute approximate surface area is 129 Å². The van der Waals surface area contributed by atoms with E-state index in [1.165, 1.54) is 16.3 Å². The molecule has 10 heteroatoms. The zero-order chi connectivity index (χ0) is 15.9. The number of rotatable bonds is 3. The van der Waals surface area contributed by atoms with Crippen LogP contribution in [0.5, 0.6) is 0 Å². The van der Waals surface area contributed by atoms with Crippen LogP contribution >= 0.6 is 11.6 Å². The zero-order valence-electron chi connectivity index (χ0n) is 12.0. The van der Waals surface area contributed by atoms with E-state index in [1.54, 1.807) is 7.05 Å². The maximum Gasteiger partial charge on any atom is 0.302 e. The van der Waals surface area contributed by atoms with Gasteiger partial charge in [0.15, 0.2) is 22.4 Å². The molecule has 0 amide bonds. The first kappa shape index (κ1) is 14.9. The van der Waals surface area contributed by atoms with Gasteiger partial charge >= 0.3 is 5.97 Å². The predicted octanol–water partition coefficient (Wildman–Crippen LogP) is 0.419. The van der Waals surface area contributed by atoms with Crippen molar-refractivity contribution in [1.29, 1.82) is 0 Å². The van der Waals surface area contributed by atoms with E-state index in [0.29, 0.717) is 12.8 Å². The number of hydrogen-bond donors (Lipinski definition) is 0. The van der Waals surface area contributed by atoms with Crippen molar-refractivity contribution in [3.8, 4) is 0 Å². The van der Waals surface area contributed by atoms with Crippen LogP contribution in [0.1, 0.15) is 26.0 Å². The van der Waals surface area contributed by atoms with Crippen LogP contribution in [0.3, 0.4) is 0 Å². The molecule has 1 fully saturated rings. The molecule has 1 saturated heterocycles. The molecule has 3 heterocycles. The summed E-state index contributed by atoms with van der Waals surface area (Å²) in [7, 11) is 1.61. The summed E-state index contributed by atoms with van der Waals surface area (Å²) in [4.78, 5) is 23.3. The Bertz CT molecular complexity index is 786. The molecular formula is C12H14ClN5O4. The monoisotopic (exact) mass is 327 g/mol. The van der Waals surface area contributed by atoms with Gasteiger partial charge in [-0.25, -0.2) is 0 Å². The summed E-state index contributed by atoms with van der Waals surface area (Å²) >= 11 is 5.89. The fourth-order valence-electron chi connectivity index (χ4n) is 2.44. The minimum absolute atomic E-state index is 0.134. The Morgan fingerprint density at radius 2 is 2.27 bits per heavy atom. The number of ether oxygens (including phenoxy) is 2. The van der Waals surface area contributed by atoms with Gasteiger partial charge in [-0.05, 0) is 12.8 Å². The molecule has 2 aromatic rings. The average molecular weight is 328 g/mol. The molecule has 0 bridgehead atoms. The third-order valence-corrected chi connectivity index (χ3v) is 3.72. The van der Waals surface area contributed by atoms with Crippen LogP contribution in [0.4, 0.5) is 0 Å². The Morgan fingerprint density at radius 1 is 1.50 bits per heavy atom. The maximum absolute atomic E-state index is 12.5. The third kappa shape index (κ3) is 2.57. The first-order valence-electron chi connectivity index (χ1n) is 6.74. The summed E-state index contributed by atoms with van der Waals surface area (Å²) < 4.78 is 13.2. The molecule has 9 nitrogen and oxygen atoms in total. The lowest BCUT2D eigenvalue weighted by Crippen LogP contribution is -2.30. The number of carbonyl (C=O) groups is 1. The van der Waals surface area contributed by atoms with Gasteiger partial charge in [-0.3, -0.25) is 14.3 Å². The SMILES string of the molecule is CC(=O)OCC1CCC(n2nnc3c(Cl)nn(C)c3c2=O)O1. The van der Waals surface area contributed by atoms with E-state index < -0.39 is 6.23 Å². The number of fused-ring (bicyclic) bond motifs is 1. The average Bonchev–Trinajstić information content (AvgIpc) is 3.03. The molecule has 0 radical (unpaired) electrons. The molecule has 0 N–H and O–H groups in total. The Kier molecular flexibility index (Phi) is 3.83. The van der Waals surface area contributed by atoms with Gasteiger partial charge < -0.3 is 9.47 Å². The highest BCUT2D eigenvalue weighted by atomic mass is 35.5. The van der Waals surface area contributed by atoms with Crippen molar-refractivity contribution >= 4 is 28.6 Å². The van der Waals surface area contributed by atoms with Crippen molar-refractivity contribution in [1.82, 2.24) is 24.8 Å². The second kappa shape index (κ2) is 5.65. The van der Waals surface area contributed by atoms with Crippen LogP contribution in [0.15, 0.2) is 4.79 Å². The van der Waals surface area contributed by atoms with Crippen molar-refractivity contribution < 1.29 is 14.3 Å². The van der Waals surface area contributed by atoms with Crippen LogP contribution in [0.2, 0.25) is 5.15 Å². The fraction of sp³-hybridized carbons (Fsp3) is 0.583. The number of aryl methyl sites for hydroxylation is 1. The van der Waals surface area contributed by atoms with Crippen LogP contribution in [-0.4, -0.2) is 43.5 Å². The van der Waals surface area contributed by atoms with Crippen molar-refractivity contribution in [2.24, 2.45) is 7.05 Å². The smallest absolute Gasteiger partial charge is 0.302 e. The number of hydrogen-bond acceptors (Lipinski definition) is 7. The molecule has 0 spiro atoms. The van der Waals surface area contributed by atoms with E-state index in [9.17, 15) is 9.59 Å². The first-order chi connectivity index (χ1) is 10.5. The van der Waals surface area contributed by atoms with Gasteiger partial charge in [0.05, 0.1) is 6.10 Å². The second-order valence-corrected chi connectivity index (χ2v) is 5.40. The van der Waals surface area contributed by atoms with Gasteiger partial charge in [0.1, 0.15) is 6.61 Å². The lowest BCUT2D eigenvalue weighted by Gasteiger charge is -2.14. The van der Waals surface area contributed by atoms with Gasteiger partial charge in [-0.2, -0.15) is 9.78 Å². The molecule has 1 aliphatic heterocycles. The largest absolute Gasteiger partial charge is 0.463 e. The highest BCUT2D eigenvalue weighted by molar-refractivity contribution is 6.33. The molecule has 2 atom stereocenters. The molecule has 2 unspecified atom stereocenters. The summed E-state index contributed by atoms with van der Waals surface area (Å²) in [5, 5.41) is 11.9. The van der Waals surface area contributed by atoms with E-state index in [1.807, 2.05) is 0 Å². The lowest BCUT2D eigenvalue weighted by atomic mass is 10.2.